The summed E-state index contributed by atoms with van der Waals surface area (Å²) in [6, 6.07) is 19.3. The van der Waals surface area contributed by atoms with E-state index in [0.717, 1.165) is 30.8 Å². The Bertz CT molecular complexity index is 878. The SMILES string of the molecule is CCN(CC)CCNC(=O)N1CCN2C(=O)OC(c3ccccc3)(c3ccccc3)C2C1. The monoisotopic (exact) mass is 436 g/mol. The molecule has 170 valence electrons. The van der Waals surface area contributed by atoms with Crippen LogP contribution >= 0.6 is 0 Å². The summed E-state index contributed by atoms with van der Waals surface area (Å²) >= 11 is 0. The highest BCUT2D eigenvalue weighted by atomic mass is 16.6. The van der Waals surface area contributed by atoms with Crippen molar-refractivity contribution in [2.45, 2.75) is 25.5 Å². The number of cyclic esters (lactones) is 1. The van der Waals surface area contributed by atoms with Crippen LogP contribution in [-0.4, -0.2) is 78.7 Å². The number of nitrogens with one attached hydrogen (secondary N) is 1. The number of likely N-dealkylation sites (N-methyl/N-ethyl adjacent to an activating group) is 1. The summed E-state index contributed by atoms with van der Waals surface area (Å²) in [5, 5.41) is 3.05. The summed E-state index contributed by atoms with van der Waals surface area (Å²) in [7, 11) is 0. The maximum atomic E-state index is 13.0. The maximum absolute atomic E-state index is 13.0. The van der Waals surface area contributed by atoms with Crippen LogP contribution in [0.15, 0.2) is 60.7 Å². The highest BCUT2D eigenvalue weighted by Crippen LogP contribution is 2.45. The number of carbonyl (C=O) groups is 2. The Balaban J connectivity index is 1.59. The van der Waals surface area contributed by atoms with Crippen molar-refractivity contribution >= 4 is 12.1 Å². The molecule has 2 aliphatic heterocycles. The molecular formula is C25H32N4O3. The van der Waals surface area contributed by atoms with Gasteiger partial charge in [-0.1, -0.05) is 74.5 Å². The molecule has 0 radical (unpaired) electrons. The first-order valence-corrected chi connectivity index (χ1v) is 11.5. The highest BCUT2D eigenvalue weighted by Gasteiger charge is 2.58. The topological polar surface area (TPSA) is 65.1 Å². The third-order valence-electron chi connectivity index (χ3n) is 6.62. The van der Waals surface area contributed by atoms with Gasteiger partial charge in [-0.25, -0.2) is 9.59 Å². The van der Waals surface area contributed by atoms with Crippen molar-refractivity contribution in [3.05, 3.63) is 71.8 Å². The van der Waals surface area contributed by atoms with Crippen LogP contribution in [0.25, 0.3) is 0 Å². The van der Waals surface area contributed by atoms with E-state index in [-0.39, 0.29) is 18.2 Å². The van der Waals surface area contributed by atoms with Crippen LogP contribution in [0.5, 0.6) is 0 Å². The Morgan fingerprint density at radius 2 is 1.62 bits per heavy atom. The number of nitrogens with zero attached hydrogens (tertiary/aromatic N) is 3. The molecule has 2 heterocycles. The zero-order valence-corrected chi connectivity index (χ0v) is 18.9. The normalized spacial score (nSPS) is 19.6. The molecule has 7 nitrogen and oxygen atoms in total. The van der Waals surface area contributed by atoms with Crippen molar-refractivity contribution in [3.63, 3.8) is 0 Å². The number of piperazine rings is 1. The zero-order valence-electron chi connectivity index (χ0n) is 18.9. The van der Waals surface area contributed by atoms with E-state index in [4.69, 9.17) is 4.74 Å². The van der Waals surface area contributed by atoms with Gasteiger partial charge >= 0.3 is 12.1 Å². The number of hydrogen-bond acceptors (Lipinski definition) is 4. The van der Waals surface area contributed by atoms with Gasteiger partial charge < -0.3 is 19.9 Å². The molecule has 0 spiro atoms. The Labute approximate surface area is 189 Å². The molecule has 4 rings (SSSR count). The third kappa shape index (κ3) is 4.05. The lowest BCUT2D eigenvalue weighted by atomic mass is 9.79. The van der Waals surface area contributed by atoms with E-state index in [1.54, 1.807) is 4.90 Å². The molecule has 0 saturated carbocycles. The molecule has 32 heavy (non-hydrogen) atoms. The van der Waals surface area contributed by atoms with Crippen molar-refractivity contribution in [3.8, 4) is 0 Å². The molecule has 1 unspecified atom stereocenters. The first kappa shape index (κ1) is 22.1. The third-order valence-corrected chi connectivity index (χ3v) is 6.62. The van der Waals surface area contributed by atoms with Crippen molar-refractivity contribution in [2.75, 3.05) is 45.8 Å². The van der Waals surface area contributed by atoms with Crippen LogP contribution in [0, 0.1) is 0 Å². The van der Waals surface area contributed by atoms with Crippen molar-refractivity contribution in [1.82, 2.24) is 20.0 Å². The fraction of sp³-hybridized carbons (Fsp3) is 0.440. The molecule has 2 aromatic carbocycles. The highest BCUT2D eigenvalue weighted by molar-refractivity contribution is 5.77. The Morgan fingerprint density at radius 3 is 2.19 bits per heavy atom. The second-order valence-corrected chi connectivity index (χ2v) is 8.25. The molecule has 0 bridgehead atoms. The van der Waals surface area contributed by atoms with E-state index in [1.165, 1.54) is 0 Å². The molecule has 2 fully saturated rings. The average Bonchev–Trinajstić information content (AvgIpc) is 3.15. The van der Waals surface area contributed by atoms with Gasteiger partial charge in [0.2, 0.25) is 0 Å². The molecule has 0 aromatic heterocycles. The first-order chi connectivity index (χ1) is 15.6. The summed E-state index contributed by atoms with van der Waals surface area (Å²) in [5.74, 6) is 0. The van der Waals surface area contributed by atoms with Crippen molar-refractivity contribution in [1.29, 1.82) is 0 Å². The van der Waals surface area contributed by atoms with E-state index in [2.05, 4.69) is 24.1 Å². The molecule has 3 amide bonds. The van der Waals surface area contributed by atoms with Gasteiger partial charge in [-0.05, 0) is 13.1 Å². The second-order valence-electron chi connectivity index (χ2n) is 8.25. The van der Waals surface area contributed by atoms with Gasteiger partial charge in [0.05, 0.1) is 0 Å². The molecule has 1 N–H and O–H groups in total. The fourth-order valence-electron chi connectivity index (χ4n) is 4.81. The Kier molecular flexibility index (Phi) is 6.65. The van der Waals surface area contributed by atoms with Crippen LogP contribution in [-0.2, 0) is 10.3 Å². The van der Waals surface area contributed by atoms with Crippen molar-refractivity contribution < 1.29 is 14.3 Å². The van der Waals surface area contributed by atoms with Crippen LogP contribution in [0.4, 0.5) is 9.59 Å². The van der Waals surface area contributed by atoms with Gasteiger partial charge in [0, 0.05) is 43.9 Å². The molecule has 0 aliphatic carbocycles. The van der Waals surface area contributed by atoms with E-state index >= 15 is 0 Å². The van der Waals surface area contributed by atoms with Gasteiger partial charge in [0.1, 0.15) is 6.04 Å². The zero-order chi connectivity index (χ0) is 22.6. The molecule has 2 saturated heterocycles. The van der Waals surface area contributed by atoms with Gasteiger partial charge in [-0.2, -0.15) is 0 Å². The minimum atomic E-state index is -0.959. The number of benzene rings is 2. The number of amides is 3. The number of ether oxygens (including phenoxy) is 1. The molecule has 2 aliphatic rings. The maximum Gasteiger partial charge on any atom is 0.411 e. The van der Waals surface area contributed by atoms with Crippen LogP contribution < -0.4 is 5.32 Å². The number of fused-ring (bicyclic) bond motifs is 1. The molecule has 2 aromatic rings. The van der Waals surface area contributed by atoms with E-state index in [9.17, 15) is 9.59 Å². The predicted octanol–water partition coefficient (Wildman–Crippen LogP) is 3.12. The average molecular weight is 437 g/mol. The predicted molar refractivity (Wildman–Crippen MR) is 123 cm³/mol. The van der Waals surface area contributed by atoms with Gasteiger partial charge in [0.25, 0.3) is 0 Å². The Hall–Kier alpha value is -3.06. The van der Waals surface area contributed by atoms with E-state index in [0.29, 0.717) is 26.2 Å². The lowest BCUT2D eigenvalue weighted by molar-refractivity contribution is 0.0511. The van der Waals surface area contributed by atoms with E-state index in [1.807, 2.05) is 65.6 Å². The molecule has 7 heteroatoms. The van der Waals surface area contributed by atoms with Gasteiger partial charge in [-0.15, -0.1) is 0 Å². The summed E-state index contributed by atoms with van der Waals surface area (Å²) < 4.78 is 6.16. The van der Waals surface area contributed by atoms with E-state index < -0.39 is 5.60 Å². The van der Waals surface area contributed by atoms with Crippen LogP contribution in [0.2, 0.25) is 0 Å². The number of rotatable bonds is 7. The summed E-state index contributed by atoms with van der Waals surface area (Å²) in [6.07, 6.45) is -0.329. The molecule has 1 atom stereocenters. The summed E-state index contributed by atoms with van der Waals surface area (Å²) in [4.78, 5) is 31.8. The minimum Gasteiger partial charge on any atom is -0.431 e. The first-order valence-electron chi connectivity index (χ1n) is 11.5. The van der Waals surface area contributed by atoms with Crippen LogP contribution in [0.1, 0.15) is 25.0 Å². The summed E-state index contributed by atoms with van der Waals surface area (Å²) in [5.41, 5.74) is 0.867. The Morgan fingerprint density at radius 1 is 1.03 bits per heavy atom. The summed E-state index contributed by atoms with van der Waals surface area (Å²) in [6.45, 7) is 8.93. The lowest BCUT2D eigenvalue weighted by Gasteiger charge is -2.42. The fourth-order valence-corrected chi connectivity index (χ4v) is 4.81. The molecular weight excluding hydrogens is 404 g/mol. The van der Waals surface area contributed by atoms with Crippen LogP contribution in [0.3, 0.4) is 0 Å². The number of hydrogen-bond donors (Lipinski definition) is 1. The second kappa shape index (κ2) is 9.61. The lowest BCUT2D eigenvalue weighted by Crippen LogP contribution is -2.60. The quantitative estimate of drug-likeness (QED) is 0.724. The number of urea groups is 1. The van der Waals surface area contributed by atoms with Gasteiger partial charge in [0.15, 0.2) is 5.60 Å². The van der Waals surface area contributed by atoms with Gasteiger partial charge in [-0.3, -0.25) is 4.90 Å². The minimum absolute atomic E-state index is 0.0915. The largest absolute Gasteiger partial charge is 0.431 e. The van der Waals surface area contributed by atoms with Crippen molar-refractivity contribution in [2.24, 2.45) is 0 Å². The standard InChI is InChI=1S/C25H32N4O3/c1-3-27(4-2)16-15-26-23(30)28-17-18-29-22(19-28)25(32-24(29)31,20-11-7-5-8-12-20)21-13-9-6-10-14-21/h5-14,22H,3-4,15-19H2,1-2H3,(H,26,30). The number of carbonyl (C=O) groups excluding carboxylic acids is 2. The smallest absolute Gasteiger partial charge is 0.411 e.